The molecule has 1 fully saturated rings. The fourth-order valence-corrected chi connectivity index (χ4v) is 5.31. The summed E-state index contributed by atoms with van der Waals surface area (Å²) >= 11 is 14.1. The number of carboxylic acid groups (broad SMARTS) is 1. The first-order valence-corrected chi connectivity index (χ1v) is 13.6. The zero-order valence-corrected chi connectivity index (χ0v) is 22.3. The van der Waals surface area contributed by atoms with Crippen molar-refractivity contribution in [2.24, 2.45) is 5.92 Å². The van der Waals surface area contributed by atoms with Gasteiger partial charge in [0.25, 0.3) is 0 Å². The van der Waals surface area contributed by atoms with E-state index in [2.05, 4.69) is 10.3 Å². The Kier molecular flexibility index (Phi) is 8.79. The molecule has 1 aliphatic heterocycles. The number of aromatic nitrogens is 1. The number of thioether (sulfide) groups is 1. The Morgan fingerprint density at radius 1 is 1.19 bits per heavy atom. The predicted octanol–water partition coefficient (Wildman–Crippen LogP) is 4.92. The summed E-state index contributed by atoms with van der Waals surface area (Å²) in [6, 6.07) is 9.61. The zero-order chi connectivity index (χ0) is 26.5. The Morgan fingerprint density at radius 2 is 1.92 bits per heavy atom. The molecule has 11 heteroatoms. The maximum Gasteiger partial charge on any atom is 0.326 e. The highest BCUT2D eigenvalue weighted by Gasteiger charge is 2.30. The lowest BCUT2D eigenvalue weighted by Gasteiger charge is -2.31. The summed E-state index contributed by atoms with van der Waals surface area (Å²) in [5.41, 5.74) is 1.83. The molecule has 0 aliphatic carbocycles. The molecule has 194 valence electrons. The average Bonchev–Trinajstić information content (AvgIpc) is 3.31. The number of hydrogen-bond acceptors (Lipinski definition) is 6. The third-order valence-corrected chi connectivity index (χ3v) is 8.00. The molecule has 1 aromatic heterocycles. The zero-order valence-electron chi connectivity index (χ0n) is 19.9. The van der Waals surface area contributed by atoms with Crippen LogP contribution in [0.4, 0.5) is 0 Å². The van der Waals surface area contributed by atoms with Crippen LogP contribution in [0, 0.1) is 5.92 Å². The number of hydrogen-bond donors (Lipinski definition) is 2. The number of likely N-dealkylation sites (tertiary alicyclic amines) is 1. The summed E-state index contributed by atoms with van der Waals surface area (Å²) in [4.78, 5) is 44.1. The smallest absolute Gasteiger partial charge is 0.326 e. The maximum atomic E-state index is 12.8. The molecule has 2 heterocycles. The van der Waals surface area contributed by atoms with Crippen molar-refractivity contribution in [2.45, 2.75) is 30.2 Å². The van der Waals surface area contributed by atoms with Gasteiger partial charge < -0.3 is 19.7 Å². The molecule has 2 amide bonds. The molecule has 2 aromatic carbocycles. The topological polar surface area (TPSA) is 113 Å². The van der Waals surface area contributed by atoms with E-state index in [0.717, 1.165) is 4.90 Å². The lowest BCUT2D eigenvalue weighted by molar-refractivity contribution is -0.143. The second-order valence-corrected chi connectivity index (χ2v) is 10.2. The van der Waals surface area contributed by atoms with Crippen LogP contribution in [0.15, 0.2) is 51.8 Å². The summed E-state index contributed by atoms with van der Waals surface area (Å²) in [6.07, 6.45) is 5.76. The van der Waals surface area contributed by atoms with Gasteiger partial charge in [0.2, 0.25) is 11.8 Å². The number of halogens is 2. The van der Waals surface area contributed by atoms with E-state index in [9.17, 15) is 19.5 Å². The van der Waals surface area contributed by atoms with Crippen LogP contribution in [0.2, 0.25) is 10.0 Å². The largest absolute Gasteiger partial charge is 0.480 e. The summed E-state index contributed by atoms with van der Waals surface area (Å²) in [5, 5.41) is 13.1. The van der Waals surface area contributed by atoms with Gasteiger partial charge in [0.05, 0.1) is 16.5 Å². The van der Waals surface area contributed by atoms with Crippen LogP contribution in [-0.4, -0.2) is 58.2 Å². The number of carbonyl (C=O) groups excluding carboxylic acids is 2. The molecule has 4 rings (SSSR count). The summed E-state index contributed by atoms with van der Waals surface area (Å²) in [6.45, 7) is 0.758. The molecule has 0 bridgehead atoms. The van der Waals surface area contributed by atoms with E-state index in [-0.39, 0.29) is 24.1 Å². The average molecular weight is 562 g/mol. The van der Waals surface area contributed by atoms with Crippen LogP contribution in [0.25, 0.3) is 17.2 Å². The van der Waals surface area contributed by atoms with Gasteiger partial charge in [-0.25, -0.2) is 9.78 Å². The number of rotatable bonds is 8. The molecule has 1 atom stereocenters. The molecular formula is C26H25Cl2N3O5S. The Hall–Kier alpha value is -3.01. The van der Waals surface area contributed by atoms with Crippen LogP contribution in [0.3, 0.4) is 0 Å². The van der Waals surface area contributed by atoms with Crippen LogP contribution in [-0.2, 0) is 20.8 Å². The molecule has 0 spiro atoms. The van der Waals surface area contributed by atoms with Crippen molar-refractivity contribution in [3.8, 4) is 0 Å². The minimum atomic E-state index is -1.17. The van der Waals surface area contributed by atoms with Crippen molar-refractivity contribution in [2.75, 3.05) is 19.3 Å². The van der Waals surface area contributed by atoms with Gasteiger partial charge >= 0.3 is 5.97 Å². The fourth-order valence-electron chi connectivity index (χ4n) is 4.13. The number of para-hydroxylation sites is 2. The number of piperidine rings is 1. The van der Waals surface area contributed by atoms with Gasteiger partial charge in [-0.3, -0.25) is 9.59 Å². The van der Waals surface area contributed by atoms with Crippen molar-refractivity contribution in [1.29, 1.82) is 0 Å². The number of benzene rings is 2. The minimum absolute atomic E-state index is 0.0671. The van der Waals surface area contributed by atoms with E-state index in [1.807, 2.05) is 18.4 Å². The highest BCUT2D eigenvalue weighted by molar-refractivity contribution is 7.98. The van der Waals surface area contributed by atoms with Crippen LogP contribution >= 0.6 is 35.0 Å². The minimum Gasteiger partial charge on any atom is -0.480 e. The fraction of sp³-hybridized carbons (Fsp3) is 0.308. The molecule has 1 unspecified atom stereocenters. The third-order valence-electron chi connectivity index (χ3n) is 6.21. The first-order valence-electron chi connectivity index (χ1n) is 11.6. The first kappa shape index (κ1) is 27.0. The van der Waals surface area contributed by atoms with E-state index in [1.54, 1.807) is 35.2 Å². The lowest BCUT2D eigenvalue weighted by atomic mass is 9.95. The van der Waals surface area contributed by atoms with Crippen LogP contribution in [0.1, 0.15) is 24.3 Å². The van der Waals surface area contributed by atoms with Crippen LogP contribution in [0.5, 0.6) is 0 Å². The van der Waals surface area contributed by atoms with Gasteiger partial charge in [-0.1, -0.05) is 41.4 Å². The normalized spacial score (nSPS) is 15.3. The van der Waals surface area contributed by atoms with Gasteiger partial charge in [0, 0.05) is 30.0 Å². The standard InChI is InChI=1S/C26H25Cl2N3O5S/c1-37-20-8-6-15(23(27)24(20)28)7-9-22(32)31-12-10-16(11-13-31)25(33)30-18(26(34)35)14-21-29-17-4-2-3-5-19(17)36-21/h2-9,16,18H,10-14H2,1H3,(H,30,33)(H,34,35)/b9-7+. The highest BCUT2D eigenvalue weighted by atomic mass is 35.5. The van der Waals surface area contributed by atoms with Crippen molar-refractivity contribution in [3.63, 3.8) is 0 Å². The Morgan fingerprint density at radius 3 is 2.59 bits per heavy atom. The Balaban J connectivity index is 1.31. The number of nitrogens with one attached hydrogen (secondary N) is 1. The quantitative estimate of drug-likeness (QED) is 0.296. The number of oxazole rings is 1. The first-order chi connectivity index (χ1) is 17.8. The second-order valence-electron chi connectivity index (χ2n) is 8.60. The monoisotopic (exact) mass is 561 g/mol. The molecule has 1 saturated heterocycles. The summed E-state index contributed by atoms with van der Waals surface area (Å²) < 4.78 is 5.60. The number of carboxylic acids is 1. The van der Waals surface area contributed by atoms with Gasteiger partial charge in [0.1, 0.15) is 11.6 Å². The molecule has 2 N–H and O–H groups in total. The van der Waals surface area contributed by atoms with E-state index in [4.69, 9.17) is 27.6 Å². The van der Waals surface area contributed by atoms with Gasteiger partial charge in [-0.15, -0.1) is 11.8 Å². The number of amides is 2. The number of aliphatic carboxylic acids is 1. The van der Waals surface area contributed by atoms with E-state index in [0.29, 0.717) is 52.6 Å². The maximum absolute atomic E-state index is 12.8. The van der Waals surface area contributed by atoms with Crippen molar-refractivity contribution in [1.82, 2.24) is 15.2 Å². The molecule has 0 saturated carbocycles. The predicted molar refractivity (Wildman–Crippen MR) is 144 cm³/mol. The van der Waals surface area contributed by atoms with E-state index >= 15 is 0 Å². The van der Waals surface area contributed by atoms with Crippen molar-refractivity contribution < 1.29 is 23.9 Å². The van der Waals surface area contributed by atoms with Gasteiger partial charge in [-0.2, -0.15) is 0 Å². The summed E-state index contributed by atoms with van der Waals surface area (Å²) in [5.74, 6) is -1.88. The number of nitrogens with zero attached hydrogens (tertiary/aromatic N) is 2. The molecule has 0 radical (unpaired) electrons. The van der Waals surface area contributed by atoms with Crippen molar-refractivity contribution in [3.05, 3.63) is 64.0 Å². The van der Waals surface area contributed by atoms with E-state index < -0.39 is 17.9 Å². The van der Waals surface area contributed by atoms with Gasteiger partial charge in [0.15, 0.2) is 11.5 Å². The van der Waals surface area contributed by atoms with E-state index in [1.165, 1.54) is 17.8 Å². The number of fused-ring (bicyclic) bond motifs is 1. The highest BCUT2D eigenvalue weighted by Crippen LogP contribution is 2.35. The third kappa shape index (κ3) is 6.47. The Labute approximate surface area is 228 Å². The Bertz CT molecular complexity index is 1320. The van der Waals surface area contributed by atoms with Crippen LogP contribution < -0.4 is 5.32 Å². The summed E-state index contributed by atoms with van der Waals surface area (Å²) in [7, 11) is 0. The molecule has 1 aliphatic rings. The molecule has 37 heavy (non-hydrogen) atoms. The van der Waals surface area contributed by atoms with Gasteiger partial charge in [-0.05, 0) is 48.9 Å². The lowest BCUT2D eigenvalue weighted by Crippen LogP contribution is -2.48. The number of carbonyl (C=O) groups is 3. The molecular weight excluding hydrogens is 537 g/mol. The van der Waals surface area contributed by atoms with Crippen molar-refractivity contribution >= 4 is 69.9 Å². The molecule has 3 aromatic rings. The molecule has 8 nitrogen and oxygen atoms in total. The second kappa shape index (κ2) is 12.0. The SMILES string of the molecule is CSc1ccc(/C=C/C(=O)N2CCC(C(=O)NC(Cc3nc4ccccc4o3)C(=O)O)CC2)c(Cl)c1Cl.